The fourth-order valence-electron chi connectivity index (χ4n) is 2.52. The van der Waals surface area contributed by atoms with Crippen molar-refractivity contribution in [1.29, 1.82) is 0 Å². The highest BCUT2D eigenvalue weighted by Gasteiger charge is 2.28. The van der Waals surface area contributed by atoms with Crippen LogP contribution in [0.25, 0.3) is 0 Å². The van der Waals surface area contributed by atoms with Crippen LogP contribution in [0.15, 0.2) is 12.1 Å². The number of benzene rings is 1. The van der Waals surface area contributed by atoms with Crippen LogP contribution >= 0.6 is 11.6 Å². The Morgan fingerprint density at radius 1 is 1.30 bits per heavy atom. The molecule has 2 N–H and O–H groups in total. The largest absolute Gasteiger partial charge is 0.495 e. The molecule has 1 heterocycles. The number of likely N-dealkylation sites (tertiary alicyclic amines) is 1. The van der Waals surface area contributed by atoms with E-state index in [2.05, 4.69) is 5.32 Å². The van der Waals surface area contributed by atoms with Gasteiger partial charge in [0.1, 0.15) is 11.5 Å². The number of ether oxygens (including phenoxy) is 2. The summed E-state index contributed by atoms with van der Waals surface area (Å²) in [5, 5.41) is 12.2. The van der Waals surface area contributed by atoms with Gasteiger partial charge >= 0.3 is 12.0 Å². The number of anilines is 1. The molecule has 1 fully saturated rings. The van der Waals surface area contributed by atoms with Crippen molar-refractivity contribution in [2.75, 3.05) is 32.6 Å². The molecular formula is C15H19ClN2O5. The first-order valence-electron chi connectivity index (χ1n) is 7.16. The van der Waals surface area contributed by atoms with E-state index >= 15 is 0 Å². The van der Waals surface area contributed by atoms with Gasteiger partial charge in [-0.3, -0.25) is 4.79 Å². The maximum Gasteiger partial charge on any atom is 0.321 e. The summed E-state index contributed by atoms with van der Waals surface area (Å²) in [4.78, 5) is 25.0. The molecule has 1 aliphatic rings. The van der Waals surface area contributed by atoms with E-state index in [0.29, 0.717) is 41.6 Å². The van der Waals surface area contributed by atoms with E-state index < -0.39 is 11.9 Å². The van der Waals surface area contributed by atoms with Gasteiger partial charge in [0, 0.05) is 25.2 Å². The second-order valence-corrected chi connectivity index (χ2v) is 5.65. The third kappa shape index (κ3) is 3.98. The molecule has 1 atom stereocenters. The monoisotopic (exact) mass is 342 g/mol. The van der Waals surface area contributed by atoms with Crippen molar-refractivity contribution in [3.8, 4) is 11.5 Å². The zero-order valence-electron chi connectivity index (χ0n) is 13.0. The summed E-state index contributed by atoms with van der Waals surface area (Å²) in [6.45, 7) is 0.705. The highest BCUT2D eigenvalue weighted by Crippen LogP contribution is 2.36. The average molecular weight is 343 g/mol. The molecule has 2 amide bonds. The lowest BCUT2D eigenvalue weighted by molar-refractivity contribution is -0.143. The molecule has 0 radical (unpaired) electrons. The van der Waals surface area contributed by atoms with Crippen LogP contribution in [0.3, 0.4) is 0 Å². The van der Waals surface area contributed by atoms with Gasteiger partial charge in [0.05, 0.1) is 30.8 Å². The Kier molecular flexibility index (Phi) is 5.54. The SMILES string of the molecule is COc1cc(NC(=O)N2CCCC(C(=O)O)C2)c(OC)cc1Cl. The summed E-state index contributed by atoms with van der Waals surface area (Å²) < 4.78 is 10.3. The van der Waals surface area contributed by atoms with Gasteiger partial charge in [0.25, 0.3) is 0 Å². The number of piperidine rings is 1. The van der Waals surface area contributed by atoms with Crippen LogP contribution in [-0.2, 0) is 4.79 Å². The number of methoxy groups -OCH3 is 2. The second kappa shape index (κ2) is 7.41. The number of rotatable bonds is 4. The number of carboxylic acid groups (broad SMARTS) is 1. The fourth-order valence-corrected chi connectivity index (χ4v) is 2.75. The topological polar surface area (TPSA) is 88.1 Å². The Balaban J connectivity index is 2.14. The van der Waals surface area contributed by atoms with Crippen molar-refractivity contribution in [3.05, 3.63) is 17.2 Å². The van der Waals surface area contributed by atoms with Crippen LogP contribution < -0.4 is 14.8 Å². The third-order valence-corrected chi connectivity index (χ3v) is 4.07. The minimum Gasteiger partial charge on any atom is -0.495 e. The van der Waals surface area contributed by atoms with Crippen LogP contribution in [0.1, 0.15) is 12.8 Å². The van der Waals surface area contributed by atoms with E-state index in [1.165, 1.54) is 19.1 Å². The molecule has 1 aliphatic heterocycles. The van der Waals surface area contributed by atoms with Crippen LogP contribution in [0.2, 0.25) is 5.02 Å². The van der Waals surface area contributed by atoms with E-state index in [9.17, 15) is 9.59 Å². The highest BCUT2D eigenvalue weighted by atomic mass is 35.5. The predicted octanol–water partition coefficient (Wildman–Crippen LogP) is 2.69. The number of urea groups is 1. The number of amides is 2. The lowest BCUT2D eigenvalue weighted by Gasteiger charge is -2.30. The van der Waals surface area contributed by atoms with Gasteiger partial charge < -0.3 is 24.8 Å². The Morgan fingerprint density at radius 2 is 2.00 bits per heavy atom. The van der Waals surface area contributed by atoms with Gasteiger partial charge in [0.15, 0.2) is 0 Å². The molecule has 0 aliphatic carbocycles. The van der Waals surface area contributed by atoms with E-state index in [-0.39, 0.29) is 12.6 Å². The van der Waals surface area contributed by atoms with Crippen molar-refractivity contribution >= 4 is 29.3 Å². The molecule has 1 saturated heterocycles. The van der Waals surface area contributed by atoms with Gasteiger partial charge in [0.2, 0.25) is 0 Å². The van der Waals surface area contributed by atoms with Crippen LogP contribution in [-0.4, -0.2) is 49.3 Å². The van der Waals surface area contributed by atoms with Crippen molar-refractivity contribution in [2.45, 2.75) is 12.8 Å². The summed E-state index contributed by atoms with van der Waals surface area (Å²) in [6, 6.07) is 2.74. The molecule has 1 unspecified atom stereocenters. The molecule has 0 aromatic heterocycles. The Labute approximate surface area is 139 Å². The summed E-state index contributed by atoms with van der Waals surface area (Å²) in [6.07, 6.45) is 1.24. The number of hydrogen-bond donors (Lipinski definition) is 2. The zero-order chi connectivity index (χ0) is 17.0. The number of aliphatic carboxylic acids is 1. The van der Waals surface area contributed by atoms with Crippen molar-refractivity contribution in [3.63, 3.8) is 0 Å². The van der Waals surface area contributed by atoms with E-state index in [1.807, 2.05) is 0 Å². The lowest BCUT2D eigenvalue weighted by Crippen LogP contribution is -2.44. The minimum atomic E-state index is -0.881. The zero-order valence-corrected chi connectivity index (χ0v) is 13.7. The van der Waals surface area contributed by atoms with E-state index in [4.69, 9.17) is 26.2 Å². The Morgan fingerprint density at radius 3 is 2.61 bits per heavy atom. The number of carbonyl (C=O) groups excluding carboxylic acids is 1. The molecule has 2 rings (SSSR count). The fraction of sp³-hybridized carbons (Fsp3) is 0.467. The lowest BCUT2D eigenvalue weighted by atomic mass is 9.99. The average Bonchev–Trinajstić information content (AvgIpc) is 2.55. The molecule has 0 bridgehead atoms. The number of hydrogen-bond acceptors (Lipinski definition) is 4. The molecule has 23 heavy (non-hydrogen) atoms. The van der Waals surface area contributed by atoms with Gasteiger partial charge in [-0.25, -0.2) is 4.79 Å². The maximum absolute atomic E-state index is 12.4. The normalized spacial score (nSPS) is 17.5. The van der Waals surface area contributed by atoms with Crippen molar-refractivity contribution in [1.82, 2.24) is 4.90 Å². The molecule has 0 spiro atoms. The number of nitrogens with one attached hydrogen (secondary N) is 1. The molecule has 1 aromatic carbocycles. The molecule has 7 nitrogen and oxygen atoms in total. The summed E-state index contributed by atoms with van der Waals surface area (Å²) in [7, 11) is 2.94. The number of carboxylic acids is 1. The standard InChI is InChI=1S/C15H19ClN2O5/c1-22-12-7-11(13(23-2)6-10(12)16)17-15(21)18-5-3-4-9(8-18)14(19)20/h6-7,9H,3-5,8H2,1-2H3,(H,17,21)(H,19,20). The Hall–Kier alpha value is -2.15. The summed E-state index contributed by atoms with van der Waals surface area (Å²) in [5.74, 6) is -0.606. The molecule has 0 saturated carbocycles. The first kappa shape index (κ1) is 17.2. The second-order valence-electron chi connectivity index (χ2n) is 5.24. The number of halogens is 1. The van der Waals surface area contributed by atoms with Crippen LogP contribution in [0.5, 0.6) is 11.5 Å². The number of nitrogens with zero attached hydrogens (tertiary/aromatic N) is 1. The van der Waals surface area contributed by atoms with Crippen LogP contribution in [0, 0.1) is 5.92 Å². The van der Waals surface area contributed by atoms with Gasteiger partial charge in [-0.05, 0) is 12.8 Å². The quantitative estimate of drug-likeness (QED) is 0.878. The minimum absolute atomic E-state index is 0.189. The first-order valence-corrected chi connectivity index (χ1v) is 7.54. The summed E-state index contributed by atoms with van der Waals surface area (Å²) in [5.41, 5.74) is 0.413. The Bertz CT molecular complexity index is 608. The van der Waals surface area contributed by atoms with Gasteiger partial charge in [-0.2, -0.15) is 0 Å². The van der Waals surface area contributed by atoms with E-state index in [0.717, 1.165) is 0 Å². The molecule has 1 aromatic rings. The smallest absolute Gasteiger partial charge is 0.321 e. The third-order valence-electron chi connectivity index (χ3n) is 3.77. The van der Waals surface area contributed by atoms with Crippen molar-refractivity contribution in [2.24, 2.45) is 5.92 Å². The number of carbonyl (C=O) groups is 2. The first-order chi connectivity index (χ1) is 11.0. The molecule has 8 heteroatoms. The van der Waals surface area contributed by atoms with E-state index in [1.54, 1.807) is 12.1 Å². The predicted molar refractivity (Wildman–Crippen MR) is 85.5 cm³/mol. The van der Waals surface area contributed by atoms with Gasteiger partial charge in [-0.1, -0.05) is 11.6 Å². The van der Waals surface area contributed by atoms with Gasteiger partial charge in [-0.15, -0.1) is 0 Å². The molecule has 126 valence electrons. The summed E-state index contributed by atoms with van der Waals surface area (Å²) >= 11 is 6.03. The molecular weight excluding hydrogens is 324 g/mol. The van der Waals surface area contributed by atoms with Crippen LogP contribution in [0.4, 0.5) is 10.5 Å². The highest BCUT2D eigenvalue weighted by molar-refractivity contribution is 6.32. The maximum atomic E-state index is 12.4. The van der Waals surface area contributed by atoms with Crippen molar-refractivity contribution < 1.29 is 24.2 Å².